The summed E-state index contributed by atoms with van der Waals surface area (Å²) in [5, 5.41) is 45.3. The number of aromatic amines is 1. The third kappa shape index (κ3) is 22.8. The molecule has 25 heteroatoms. The van der Waals surface area contributed by atoms with Crippen LogP contribution < -0.4 is 43.2 Å². The molecule has 16 rings (SSSR count). The second kappa shape index (κ2) is 41.9. The van der Waals surface area contributed by atoms with Gasteiger partial charge in [0.15, 0.2) is 5.82 Å². The number of fused-ring (bicyclic) bond motifs is 3. The summed E-state index contributed by atoms with van der Waals surface area (Å²) < 4.78 is 4.99. The largest absolute Gasteiger partial charge is 0.481 e. The lowest BCUT2D eigenvalue weighted by Crippen LogP contribution is -2.36. The number of ether oxygens (including phenoxy) is 1. The molecule has 0 aliphatic carbocycles. The molecule has 0 saturated heterocycles. The number of hydrazine groups is 1. The Bertz CT molecular complexity index is 6370. The Morgan fingerprint density at radius 3 is 1.13 bits per heavy atom. The molecular formula is C98H92N20O5. The van der Waals surface area contributed by atoms with Gasteiger partial charge in [-0.1, -0.05) is 177 Å². The minimum absolute atomic E-state index is 0.0391. The summed E-state index contributed by atoms with van der Waals surface area (Å²) in [6.07, 6.45) is 1.86. The van der Waals surface area contributed by atoms with Crippen molar-refractivity contribution >= 4 is 115 Å². The van der Waals surface area contributed by atoms with Crippen LogP contribution in [-0.4, -0.2) is 106 Å². The van der Waals surface area contributed by atoms with Crippen LogP contribution in [-0.2, 0) is 9.53 Å². The number of rotatable bonds is 21. The molecule has 11 N–H and O–H groups in total. The lowest BCUT2D eigenvalue weighted by atomic mass is 10.1. The van der Waals surface area contributed by atoms with Gasteiger partial charge in [-0.25, -0.2) is 40.7 Å². The third-order valence-electron chi connectivity index (χ3n) is 19.7. The average Bonchev–Trinajstić information content (AvgIpc) is 0.833. The maximum absolute atomic E-state index is 13.0. The summed E-state index contributed by atoms with van der Waals surface area (Å²) in [5.74, 6) is 5.83. The summed E-state index contributed by atoms with van der Waals surface area (Å²) in [4.78, 5) is 82.6. The van der Waals surface area contributed by atoms with Crippen molar-refractivity contribution in [1.29, 1.82) is 10.7 Å². The van der Waals surface area contributed by atoms with E-state index in [9.17, 15) is 14.4 Å². The normalized spacial score (nSPS) is 10.6. The maximum atomic E-state index is 13.0. The highest BCUT2D eigenvalue weighted by Crippen LogP contribution is 2.34. The number of aryl methyl sites for hydroxylation is 3. The second-order valence-electron chi connectivity index (χ2n) is 28.7. The summed E-state index contributed by atoms with van der Waals surface area (Å²) in [6.45, 7) is 18.1. The molecule has 0 atom stereocenters. The Kier molecular flexibility index (Phi) is 29.4. The first kappa shape index (κ1) is 86.3. The van der Waals surface area contributed by atoms with Gasteiger partial charge < -0.3 is 36.6 Å². The molecule has 0 radical (unpaired) electrons. The zero-order chi connectivity index (χ0) is 86.7. The van der Waals surface area contributed by atoms with Crippen molar-refractivity contribution in [1.82, 2.24) is 55.4 Å². The number of H-pyrrole nitrogens is 1. The number of amides is 4. The van der Waals surface area contributed by atoms with Crippen molar-refractivity contribution in [3.05, 3.63) is 342 Å². The van der Waals surface area contributed by atoms with Crippen LogP contribution in [0.2, 0.25) is 0 Å². The van der Waals surface area contributed by atoms with E-state index in [0.29, 0.717) is 87.0 Å². The molecule has 12 aromatic carbocycles. The standard InChI is InChI=1S/C30H23N7O.C30H25N5O2.C29H21N5O.C8H19N.CH4N2O/c1-19-11-12-22(28-31-18-32-37-28)17-26(19)34-29(38)21-13-15-23(16-14-21)33-30-35-25-10-6-5-9-24(25)27(36-30)20-7-3-2-4-8-20;1-19-12-13-22(28(31)37-2)18-26(19)33-29(36)21-14-16-23(17-15-21)32-30-34-25-11-7-6-10-24(25)27(35-30)20-8-4-3-5-9-20;1-19-11-12-20(18-30)17-26(19)32-28(35)22-13-15-23(16-14-22)31-29-33-25-10-6-5-9-24(25)27(34-29)21-7-3-2-4-8-21;1-6-9(7(2)3)8(4)5;2-3-1-4/h2-18H,1H3,(H,34,38)(H,31,32,37)(H,33,35,36);3-18,31H,1-2H3,(H,33,36)(H,32,34,35);2-17H,1H3,(H,32,35)(H,31,33,34);7-8H,6H2,1-5H3;1H,2H2,(H,3,4). The zero-order valence-corrected chi connectivity index (χ0v) is 69.3. The van der Waals surface area contributed by atoms with Gasteiger partial charge in [0.25, 0.3) is 17.7 Å². The number of benzene rings is 12. The minimum atomic E-state index is -0.247. The number of hydrogen-bond donors (Lipinski definition) is 10. The monoisotopic (exact) mass is 1630 g/mol. The molecular weight excluding hydrogens is 1540 g/mol. The molecule has 0 unspecified atom stereocenters. The molecule has 614 valence electrons. The van der Waals surface area contributed by atoms with Crippen molar-refractivity contribution < 1.29 is 23.9 Å². The SMILES string of the molecule is CCN(C(C)C)C(C)C.COC(=N)c1ccc(C)c(NC(=O)c2ccc(Nc3nc(-c4ccccc4)c4ccccc4n3)cc2)c1.Cc1ccc(-c2ncn[nH]2)cc1NC(=O)c1ccc(Nc2nc(-c3ccccc3)c3ccccc3n2)cc1.Cc1ccc(C#N)cc1NC(=O)c1ccc(Nc2nc(-c3ccccc3)c3ccccc3n2)cc1.NNC=O. The van der Waals surface area contributed by atoms with Crippen LogP contribution in [0.4, 0.5) is 52.0 Å². The van der Waals surface area contributed by atoms with Gasteiger partial charge in [-0.15, -0.1) is 0 Å². The number of methoxy groups -OCH3 is 1. The van der Waals surface area contributed by atoms with Crippen LogP contribution in [0.25, 0.3) is 77.9 Å². The van der Waals surface area contributed by atoms with Gasteiger partial charge in [-0.2, -0.15) is 10.4 Å². The van der Waals surface area contributed by atoms with Crippen molar-refractivity contribution in [2.24, 2.45) is 5.84 Å². The molecule has 0 fully saturated rings. The van der Waals surface area contributed by atoms with Crippen LogP contribution in [0.3, 0.4) is 0 Å². The molecule has 25 nitrogen and oxygen atoms in total. The fraction of sp³-hybridized carbons (Fsp3) is 0.122. The van der Waals surface area contributed by atoms with E-state index >= 15 is 0 Å². The van der Waals surface area contributed by atoms with Gasteiger partial charge in [0.05, 0.1) is 52.4 Å². The number of para-hydroxylation sites is 3. The molecule has 4 aromatic heterocycles. The fourth-order valence-corrected chi connectivity index (χ4v) is 13.3. The van der Waals surface area contributed by atoms with E-state index in [1.807, 2.05) is 251 Å². The van der Waals surface area contributed by atoms with Crippen molar-refractivity contribution in [3.8, 4) is 51.2 Å². The molecule has 0 aliphatic heterocycles. The van der Waals surface area contributed by atoms with Gasteiger partial charge in [-0.05, 0) is 193 Å². The van der Waals surface area contributed by atoms with Gasteiger partial charge in [0, 0.05) is 107 Å². The molecule has 0 spiro atoms. The number of nitriles is 1. The minimum Gasteiger partial charge on any atom is -0.481 e. The highest BCUT2D eigenvalue weighted by molar-refractivity contribution is 6.07. The molecule has 4 amide bonds. The van der Waals surface area contributed by atoms with E-state index in [0.717, 1.165) is 112 Å². The molecule has 123 heavy (non-hydrogen) atoms. The van der Waals surface area contributed by atoms with E-state index < -0.39 is 0 Å². The molecule has 0 saturated carbocycles. The predicted octanol–water partition coefficient (Wildman–Crippen LogP) is 20.2. The van der Waals surface area contributed by atoms with Gasteiger partial charge >= 0.3 is 0 Å². The van der Waals surface area contributed by atoms with E-state index in [1.165, 1.54) is 13.4 Å². The number of carbonyl (C=O) groups excluding carboxylic acids is 4. The first-order chi connectivity index (χ1) is 59.8. The van der Waals surface area contributed by atoms with Crippen LogP contribution in [0.15, 0.2) is 298 Å². The number of nitrogens with zero attached hydrogens (tertiary/aromatic N) is 10. The van der Waals surface area contributed by atoms with E-state index in [-0.39, 0.29) is 23.6 Å². The summed E-state index contributed by atoms with van der Waals surface area (Å²) >= 11 is 0. The number of nitrogens with two attached hydrogens (primary N) is 1. The molecule has 0 bridgehead atoms. The van der Waals surface area contributed by atoms with Crippen molar-refractivity contribution in [2.45, 2.75) is 67.5 Å². The topological polar surface area (TPSA) is 358 Å². The Morgan fingerprint density at radius 2 is 0.797 bits per heavy atom. The Balaban J connectivity index is 0.000000157. The third-order valence-corrected chi connectivity index (χ3v) is 19.7. The number of hydrogen-bond acceptors (Lipinski definition) is 20. The fourth-order valence-electron chi connectivity index (χ4n) is 13.3. The number of aromatic nitrogens is 9. The lowest BCUT2D eigenvalue weighted by Gasteiger charge is -2.28. The van der Waals surface area contributed by atoms with Crippen molar-refractivity contribution in [2.75, 3.05) is 45.6 Å². The summed E-state index contributed by atoms with van der Waals surface area (Å²) in [5.41, 5.74) is 20.3. The Morgan fingerprint density at radius 1 is 0.455 bits per heavy atom. The van der Waals surface area contributed by atoms with E-state index in [2.05, 4.69) is 108 Å². The van der Waals surface area contributed by atoms with Gasteiger partial charge in [0.2, 0.25) is 30.2 Å². The quantitative estimate of drug-likeness (QED) is 0.00798. The van der Waals surface area contributed by atoms with Gasteiger partial charge in [-0.3, -0.25) is 40.0 Å². The number of nitrogens with one attached hydrogen (secondary N) is 9. The van der Waals surface area contributed by atoms with Crippen LogP contribution in [0.5, 0.6) is 0 Å². The average molecular weight is 1630 g/mol. The first-order valence-corrected chi connectivity index (χ1v) is 39.6. The zero-order valence-electron chi connectivity index (χ0n) is 69.3. The first-order valence-electron chi connectivity index (χ1n) is 39.6. The molecule has 0 aliphatic rings. The molecule has 4 heterocycles. The maximum Gasteiger partial charge on any atom is 0.255 e. The smallest absolute Gasteiger partial charge is 0.255 e. The molecule has 16 aromatic rings. The lowest BCUT2D eigenvalue weighted by molar-refractivity contribution is -0.109. The highest BCUT2D eigenvalue weighted by Gasteiger charge is 2.19. The van der Waals surface area contributed by atoms with Crippen LogP contribution in [0.1, 0.15) is 93.5 Å². The predicted molar refractivity (Wildman–Crippen MR) is 491 cm³/mol. The Labute approximate surface area is 712 Å². The summed E-state index contributed by atoms with van der Waals surface area (Å²) in [7, 11) is 1.45. The van der Waals surface area contributed by atoms with Gasteiger partial charge in [0.1, 0.15) is 6.33 Å². The Hall–Kier alpha value is -16.0. The number of carbonyl (C=O) groups is 4. The van der Waals surface area contributed by atoms with Crippen LogP contribution in [0, 0.1) is 37.5 Å². The highest BCUT2D eigenvalue weighted by atomic mass is 16.5. The summed E-state index contributed by atoms with van der Waals surface area (Å²) in [6, 6.07) is 95.1. The number of anilines is 9. The second-order valence-corrected chi connectivity index (χ2v) is 28.7. The van der Waals surface area contributed by atoms with E-state index in [4.69, 9.17) is 40.1 Å². The van der Waals surface area contributed by atoms with Crippen molar-refractivity contribution in [3.63, 3.8) is 0 Å². The van der Waals surface area contributed by atoms with E-state index in [1.54, 1.807) is 66.1 Å². The van der Waals surface area contributed by atoms with Crippen LogP contribution >= 0.6 is 0 Å².